The highest BCUT2D eigenvalue weighted by atomic mass is 16.6. The van der Waals surface area contributed by atoms with Crippen LogP contribution >= 0.6 is 0 Å². The van der Waals surface area contributed by atoms with Crippen molar-refractivity contribution in [3.05, 3.63) is 35.9 Å². The van der Waals surface area contributed by atoms with Crippen LogP contribution in [0.3, 0.4) is 0 Å². The minimum Gasteiger partial charge on any atom is -0.454 e. The molecule has 3 nitrogen and oxygen atoms in total. The number of ether oxygens (including phenoxy) is 1. The van der Waals surface area contributed by atoms with Crippen LogP contribution in [0, 0.1) is 5.92 Å². The van der Waals surface area contributed by atoms with Crippen LogP contribution in [-0.4, -0.2) is 30.0 Å². The van der Waals surface area contributed by atoms with E-state index in [1.807, 2.05) is 18.2 Å². The molecular formula is C18H27NO2. The van der Waals surface area contributed by atoms with Gasteiger partial charge in [-0.3, -0.25) is 4.79 Å². The van der Waals surface area contributed by atoms with Gasteiger partial charge < -0.3 is 9.64 Å². The molecule has 116 valence electrons. The molecule has 1 aliphatic heterocycles. The zero-order valence-corrected chi connectivity index (χ0v) is 13.6. The third kappa shape index (κ3) is 3.29. The maximum absolute atomic E-state index is 11.7. The van der Waals surface area contributed by atoms with Gasteiger partial charge in [-0.05, 0) is 25.5 Å². The van der Waals surface area contributed by atoms with Gasteiger partial charge in [-0.1, -0.05) is 44.2 Å². The molecule has 1 aliphatic rings. The van der Waals surface area contributed by atoms with E-state index in [4.69, 9.17) is 4.74 Å². The Morgan fingerprint density at radius 2 is 2.00 bits per heavy atom. The summed E-state index contributed by atoms with van der Waals surface area (Å²) in [6.45, 7) is 10.2. The number of esters is 1. The number of nitrogens with zero attached hydrogens (tertiary/aromatic N) is 1. The number of benzene rings is 1. The van der Waals surface area contributed by atoms with Crippen molar-refractivity contribution < 1.29 is 9.53 Å². The Labute approximate surface area is 128 Å². The van der Waals surface area contributed by atoms with Gasteiger partial charge >= 0.3 is 5.97 Å². The number of carbonyl (C=O) groups is 1. The van der Waals surface area contributed by atoms with E-state index in [1.165, 1.54) is 6.92 Å². The smallest absolute Gasteiger partial charge is 0.303 e. The number of likely N-dealkylation sites (tertiary alicyclic amines) is 1. The fourth-order valence-corrected chi connectivity index (χ4v) is 3.63. The monoisotopic (exact) mass is 289 g/mol. The SMILES string of the molecule is CCCN1C[C@H](C)[C@](OC(C)=O)(c2ccccc2)C[C@@H]1C. The summed E-state index contributed by atoms with van der Waals surface area (Å²) in [7, 11) is 0. The Hall–Kier alpha value is -1.35. The molecule has 0 saturated carbocycles. The minimum absolute atomic E-state index is 0.193. The third-order valence-corrected chi connectivity index (χ3v) is 4.63. The maximum atomic E-state index is 11.7. The molecule has 1 heterocycles. The minimum atomic E-state index is -0.489. The van der Waals surface area contributed by atoms with Crippen molar-refractivity contribution in [2.24, 2.45) is 5.92 Å². The fourth-order valence-electron chi connectivity index (χ4n) is 3.63. The number of hydrogen-bond acceptors (Lipinski definition) is 3. The average molecular weight is 289 g/mol. The zero-order chi connectivity index (χ0) is 15.5. The predicted octanol–water partition coefficient (Wildman–Crippen LogP) is 3.59. The zero-order valence-electron chi connectivity index (χ0n) is 13.6. The summed E-state index contributed by atoms with van der Waals surface area (Å²) in [6.07, 6.45) is 2.01. The molecule has 0 spiro atoms. The van der Waals surface area contributed by atoms with E-state index in [-0.39, 0.29) is 11.9 Å². The molecule has 21 heavy (non-hydrogen) atoms. The van der Waals surface area contributed by atoms with E-state index in [0.717, 1.165) is 31.5 Å². The normalized spacial score (nSPS) is 30.1. The second-order valence-electron chi connectivity index (χ2n) is 6.30. The standard InChI is InChI=1S/C18H27NO2/c1-5-11-19-13-14(2)18(12-15(19)3,21-16(4)20)17-9-7-6-8-10-17/h6-10,14-15H,5,11-13H2,1-4H3/t14-,15-,18-/m0/s1. The topological polar surface area (TPSA) is 29.5 Å². The Bertz CT molecular complexity index is 473. The molecule has 0 bridgehead atoms. The highest BCUT2D eigenvalue weighted by Crippen LogP contribution is 2.43. The van der Waals surface area contributed by atoms with Gasteiger partial charge in [0.15, 0.2) is 0 Å². The molecule has 0 N–H and O–H groups in total. The maximum Gasteiger partial charge on any atom is 0.303 e. The highest BCUT2D eigenvalue weighted by molar-refractivity contribution is 5.67. The van der Waals surface area contributed by atoms with Gasteiger partial charge in [-0.25, -0.2) is 0 Å². The van der Waals surface area contributed by atoms with Crippen molar-refractivity contribution in [2.45, 2.75) is 52.2 Å². The fraction of sp³-hybridized carbons (Fsp3) is 0.611. The van der Waals surface area contributed by atoms with Crippen LogP contribution in [0.4, 0.5) is 0 Å². The Morgan fingerprint density at radius 1 is 1.33 bits per heavy atom. The van der Waals surface area contributed by atoms with E-state index in [2.05, 4.69) is 37.8 Å². The number of piperidine rings is 1. The van der Waals surface area contributed by atoms with Gasteiger partial charge in [0.05, 0.1) is 0 Å². The second-order valence-corrected chi connectivity index (χ2v) is 6.30. The lowest BCUT2D eigenvalue weighted by molar-refractivity contribution is -0.176. The summed E-state index contributed by atoms with van der Waals surface area (Å²) in [5.41, 5.74) is 0.632. The van der Waals surface area contributed by atoms with E-state index >= 15 is 0 Å². The Balaban J connectivity index is 2.35. The van der Waals surface area contributed by atoms with Crippen molar-refractivity contribution in [3.8, 4) is 0 Å². The van der Waals surface area contributed by atoms with Crippen molar-refractivity contribution in [1.29, 1.82) is 0 Å². The van der Waals surface area contributed by atoms with Gasteiger partial charge in [0.1, 0.15) is 5.60 Å². The number of hydrogen-bond donors (Lipinski definition) is 0. The average Bonchev–Trinajstić information content (AvgIpc) is 2.45. The summed E-state index contributed by atoms with van der Waals surface area (Å²) in [5, 5.41) is 0. The summed E-state index contributed by atoms with van der Waals surface area (Å²) in [5.74, 6) is 0.0911. The molecule has 1 saturated heterocycles. The quantitative estimate of drug-likeness (QED) is 0.793. The molecule has 0 amide bonds. The Morgan fingerprint density at radius 3 is 2.57 bits per heavy atom. The summed E-state index contributed by atoms with van der Waals surface area (Å²) >= 11 is 0. The van der Waals surface area contributed by atoms with Gasteiger partial charge in [0, 0.05) is 31.8 Å². The summed E-state index contributed by atoms with van der Waals surface area (Å²) in [6, 6.07) is 10.6. The third-order valence-electron chi connectivity index (χ3n) is 4.63. The number of rotatable bonds is 4. The van der Waals surface area contributed by atoms with Crippen molar-refractivity contribution >= 4 is 5.97 Å². The van der Waals surface area contributed by atoms with Gasteiger partial charge in [0.2, 0.25) is 0 Å². The highest BCUT2D eigenvalue weighted by Gasteiger charge is 2.47. The lowest BCUT2D eigenvalue weighted by Crippen LogP contribution is -2.54. The lowest BCUT2D eigenvalue weighted by atomic mass is 9.74. The molecule has 0 aliphatic carbocycles. The molecule has 2 rings (SSSR count). The first kappa shape index (κ1) is 16.0. The van der Waals surface area contributed by atoms with Crippen LogP contribution in [0.5, 0.6) is 0 Å². The lowest BCUT2D eigenvalue weighted by Gasteiger charge is -2.49. The summed E-state index contributed by atoms with van der Waals surface area (Å²) in [4.78, 5) is 14.2. The van der Waals surface area contributed by atoms with E-state index in [1.54, 1.807) is 0 Å². The predicted molar refractivity (Wildman–Crippen MR) is 85.0 cm³/mol. The van der Waals surface area contributed by atoms with Crippen molar-refractivity contribution in [2.75, 3.05) is 13.1 Å². The van der Waals surface area contributed by atoms with Crippen LogP contribution in [-0.2, 0) is 15.1 Å². The molecule has 3 heteroatoms. The van der Waals surface area contributed by atoms with Crippen LogP contribution in [0.1, 0.15) is 46.1 Å². The van der Waals surface area contributed by atoms with Crippen LogP contribution in [0.15, 0.2) is 30.3 Å². The largest absolute Gasteiger partial charge is 0.454 e. The van der Waals surface area contributed by atoms with E-state index < -0.39 is 5.60 Å². The molecule has 3 atom stereocenters. The van der Waals surface area contributed by atoms with Gasteiger partial charge in [-0.2, -0.15) is 0 Å². The first-order valence-corrected chi connectivity index (χ1v) is 7.98. The molecule has 1 aromatic carbocycles. The van der Waals surface area contributed by atoms with Gasteiger partial charge in [0.25, 0.3) is 0 Å². The molecule has 0 unspecified atom stereocenters. The van der Waals surface area contributed by atoms with Crippen LogP contribution in [0.2, 0.25) is 0 Å². The first-order valence-electron chi connectivity index (χ1n) is 7.98. The molecular weight excluding hydrogens is 262 g/mol. The Kier molecular flexibility index (Phi) is 5.04. The molecule has 1 aromatic rings. The molecule has 1 fully saturated rings. The van der Waals surface area contributed by atoms with Crippen LogP contribution < -0.4 is 0 Å². The van der Waals surface area contributed by atoms with E-state index in [0.29, 0.717) is 6.04 Å². The summed E-state index contributed by atoms with van der Waals surface area (Å²) < 4.78 is 5.91. The van der Waals surface area contributed by atoms with Crippen molar-refractivity contribution in [1.82, 2.24) is 4.90 Å². The number of carbonyl (C=O) groups excluding carboxylic acids is 1. The molecule has 0 aromatic heterocycles. The van der Waals surface area contributed by atoms with E-state index in [9.17, 15) is 4.79 Å². The van der Waals surface area contributed by atoms with Crippen molar-refractivity contribution in [3.63, 3.8) is 0 Å². The molecule has 0 radical (unpaired) electrons. The van der Waals surface area contributed by atoms with Gasteiger partial charge in [-0.15, -0.1) is 0 Å². The first-order chi connectivity index (χ1) is 9.99. The van der Waals surface area contributed by atoms with Crippen LogP contribution in [0.25, 0.3) is 0 Å². The second kappa shape index (κ2) is 6.61.